The summed E-state index contributed by atoms with van der Waals surface area (Å²) in [4.78, 5) is 38.3. The molecule has 0 aromatic rings. The molecule has 0 saturated carbocycles. The molecule has 0 fully saturated rings. The molecule has 1 unspecified atom stereocenters. The molecule has 0 aliphatic carbocycles. The lowest BCUT2D eigenvalue weighted by Crippen LogP contribution is -2.30. The van der Waals surface area contributed by atoms with Crippen molar-refractivity contribution in [3.05, 3.63) is 85.1 Å². The van der Waals surface area contributed by atoms with E-state index in [0.717, 1.165) is 109 Å². The molecule has 0 spiro atoms. The average molecular weight is 1020 g/mol. The summed E-state index contributed by atoms with van der Waals surface area (Å²) in [5.74, 6) is -0.902. The van der Waals surface area contributed by atoms with Gasteiger partial charge in [-0.3, -0.25) is 14.4 Å². The normalized spacial score (nSPS) is 12.6. The van der Waals surface area contributed by atoms with Crippen molar-refractivity contribution in [3.8, 4) is 0 Å². The van der Waals surface area contributed by atoms with E-state index in [-0.39, 0.29) is 31.1 Å². The fraction of sp³-hybridized carbons (Fsp3) is 0.746. The third-order valence-electron chi connectivity index (χ3n) is 13.4. The predicted molar refractivity (Wildman–Crippen MR) is 316 cm³/mol. The average Bonchev–Trinajstić information content (AvgIpc) is 3.39. The van der Waals surface area contributed by atoms with E-state index in [1.54, 1.807) is 0 Å². The lowest BCUT2D eigenvalue weighted by Gasteiger charge is -2.18. The quantitative estimate of drug-likeness (QED) is 0.0261. The maximum atomic E-state index is 12.9. The van der Waals surface area contributed by atoms with E-state index in [4.69, 9.17) is 14.2 Å². The lowest BCUT2D eigenvalue weighted by atomic mass is 10.1. The molecule has 0 bridgehead atoms. The molecule has 0 N–H and O–H groups in total. The summed E-state index contributed by atoms with van der Waals surface area (Å²) in [6.07, 6.45) is 80.0. The highest BCUT2D eigenvalue weighted by Crippen LogP contribution is 2.15. The summed E-state index contributed by atoms with van der Waals surface area (Å²) in [5, 5.41) is 0. The first kappa shape index (κ1) is 69.6. The molecule has 420 valence electrons. The van der Waals surface area contributed by atoms with E-state index in [9.17, 15) is 14.4 Å². The Morgan fingerprint density at radius 3 is 0.849 bits per heavy atom. The van der Waals surface area contributed by atoms with Crippen LogP contribution in [0.4, 0.5) is 0 Å². The zero-order valence-corrected chi connectivity index (χ0v) is 48.1. The van der Waals surface area contributed by atoms with Crippen LogP contribution in [-0.4, -0.2) is 37.2 Å². The van der Waals surface area contributed by atoms with Gasteiger partial charge < -0.3 is 14.2 Å². The molecule has 0 aliphatic heterocycles. The van der Waals surface area contributed by atoms with E-state index in [1.807, 2.05) is 0 Å². The third-order valence-corrected chi connectivity index (χ3v) is 13.4. The van der Waals surface area contributed by atoms with Crippen LogP contribution in [0.5, 0.6) is 0 Å². The fourth-order valence-electron chi connectivity index (χ4n) is 8.69. The van der Waals surface area contributed by atoms with Crippen LogP contribution in [-0.2, 0) is 28.6 Å². The van der Waals surface area contributed by atoms with Crippen molar-refractivity contribution in [1.82, 2.24) is 0 Å². The smallest absolute Gasteiger partial charge is 0.306 e. The number of allylic oxidation sites excluding steroid dienone is 14. The molecule has 0 amide bonds. The van der Waals surface area contributed by atoms with Gasteiger partial charge in [-0.2, -0.15) is 0 Å². The third kappa shape index (κ3) is 59.3. The lowest BCUT2D eigenvalue weighted by molar-refractivity contribution is -0.167. The van der Waals surface area contributed by atoms with Crippen LogP contribution in [0.2, 0.25) is 0 Å². The molecular formula is C67H116O6. The van der Waals surface area contributed by atoms with Crippen LogP contribution < -0.4 is 0 Å². The molecule has 0 heterocycles. The highest BCUT2D eigenvalue weighted by molar-refractivity contribution is 5.71. The van der Waals surface area contributed by atoms with Gasteiger partial charge in [0.05, 0.1) is 0 Å². The second kappa shape index (κ2) is 61.1. The van der Waals surface area contributed by atoms with E-state index >= 15 is 0 Å². The van der Waals surface area contributed by atoms with Crippen LogP contribution in [0, 0.1) is 0 Å². The molecule has 6 nitrogen and oxygen atoms in total. The van der Waals surface area contributed by atoms with Gasteiger partial charge in [0.1, 0.15) is 13.2 Å². The summed E-state index contributed by atoms with van der Waals surface area (Å²) in [6.45, 7) is 6.52. The summed E-state index contributed by atoms with van der Waals surface area (Å²) in [5.41, 5.74) is 0. The second-order valence-corrected chi connectivity index (χ2v) is 20.6. The number of hydrogen-bond donors (Lipinski definition) is 0. The van der Waals surface area contributed by atoms with Crippen molar-refractivity contribution in [2.24, 2.45) is 0 Å². The number of hydrogen-bond acceptors (Lipinski definition) is 6. The standard InChI is InChI=1S/C67H116O6/c1-4-7-10-13-16-19-22-25-28-30-31-32-33-34-35-37-39-42-45-48-51-54-57-60-66(69)72-63-64(62-71-65(68)59-56-53-50-47-44-41-38-27-24-21-18-15-12-9-6-3)73-67(70)61-58-55-52-49-46-43-40-36-29-26-23-20-17-14-11-8-5-2/h8,11,17,20,22,25-27,29-31,33-34,38,64H,4-7,9-10,12-16,18-19,21,23-24,28,32,35-37,39-63H2,1-3H3/b11-8-,20-17-,25-22-,29-26-,31-30-,34-33-,38-27-. The molecule has 0 aliphatic rings. The zero-order chi connectivity index (χ0) is 52.9. The number of rotatable bonds is 56. The Bertz CT molecular complexity index is 1400. The van der Waals surface area contributed by atoms with Gasteiger partial charge in [-0.05, 0) is 116 Å². The summed E-state index contributed by atoms with van der Waals surface area (Å²) in [6, 6.07) is 0. The topological polar surface area (TPSA) is 78.9 Å². The van der Waals surface area contributed by atoms with Gasteiger partial charge in [0.25, 0.3) is 0 Å². The van der Waals surface area contributed by atoms with Gasteiger partial charge in [-0.15, -0.1) is 0 Å². The summed E-state index contributed by atoms with van der Waals surface area (Å²) < 4.78 is 16.9. The first-order chi connectivity index (χ1) is 36.0. The first-order valence-electron chi connectivity index (χ1n) is 31.1. The first-order valence-corrected chi connectivity index (χ1v) is 31.1. The largest absolute Gasteiger partial charge is 0.462 e. The van der Waals surface area contributed by atoms with Crippen molar-refractivity contribution < 1.29 is 28.6 Å². The van der Waals surface area contributed by atoms with Crippen LogP contribution in [0.25, 0.3) is 0 Å². The Kier molecular flexibility index (Phi) is 58.3. The minimum Gasteiger partial charge on any atom is -0.462 e. The van der Waals surface area contributed by atoms with Crippen molar-refractivity contribution in [3.63, 3.8) is 0 Å². The number of carbonyl (C=O) groups excluding carboxylic acids is 3. The Labute approximate surface area is 452 Å². The van der Waals surface area contributed by atoms with Crippen LogP contribution in [0.3, 0.4) is 0 Å². The highest BCUT2D eigenvalue weighted by atomic mass is 16.6. The fourth-order valence-corrected chi connectivity index (χ4v) is 8.69. The van der Waals surface area contributed by atoms with Gasteiger partial charge in [-0.25, -0.2) is 0 Å². The molecule has 0 aromatic heterocycles. The molecule has 0 saturated heterocycles. The van der Waals surface area contributed by atoms with Gasteiger partial charge in [0, 0.05) is 19.3 Å². The van der Waals surface area contributed by atoms with Crippen molar-refractivity contribution in [1.29, 1.82) is 0 Å². The van der Waals surface area contributed by atoms with Crippen molar-refractivity contribution >= 4 is 17.9 Å². The number of unbranched alkanes of at least 4 members (excludes halogenated alkanes) is 31. The molecule has 73 heavy (non-hydrogen) atoms. The number of ether oxygens (including phenoxy) is 3. The summed E-state index contributed by atoms with van der Waals surface area (Å²) in [7, 11) is 0. The van der Waals surface area contributed by atoms with Crippen LogP contribution in [0.15, 0.2) is 85.1 Å². The molecule has 0 radical (unpaired) electrons. The van der Waals surface area contributed by atoms with Crippen LogP contribution in [0.1, 0.15) is 303 Å². The maximum absolute atomic E-state index is 12.9. The second-order valence-electron chi connectivity index (χ2n) is 20.6. The van der Waals surface area contributed by atoms with Gasteiger partial charge in [-0.1, -0.05) is 254 Å². The Hall–Kier alpha value is -3.41. The minimum atomic E-state index is -0.790. The molecule has 6 heteroatoms. The Balaban J connectivity index is 4.38. The molecule has 1 atom stereocenters. The number of carbonyl (C=O) groups is 3. The molecular weight excluding hydrogens is 901 g/mol. The van der Waals surface area contributed by atoms with Gasteiger partial charge >= 0.3 is 17.9 Å². The van der Waals surface area contributed by atoms with E-state index in [0.29, 0.717) is 19.3 Å². The Morgan fingerprint density at radius 1 is 0.288 bits per heavy atom. The Morgan fingerprint density at radius 2 is 0.534 bits per heavy atom. The minimum absolute atomic E-state index is 0.0867. The van der Waals surface area contributed by atoms with Crippen molar-refractivity contribution in [2.45, 2.75) is 309 Å². The van der Waals surface area contributed by atoms with Crippen molar-refractivity contribution in [2.75, 3.05) is 13.2 Å². The zero-order valence-electron chi connectivity index (χ0n) is 48.1. The SMILES string of the molecule is CC/C=C\C/C=C\C/C=C\CCCCCCCCCC(=O)OC(COC(=O)CCCCCCC/C=C\CCCCCCCC)COC(=O)CCCCCCCCCC/C=C\C/C=C\C/C=C\CCCCCCC. The monoisotopic (exact) mass is 1020 g/mol. The van der Waals surface area contributed by atoms with Crippen LogP contribution >= 0.6 is 0 Å². The predicted octanol–water partition coefficient (Wildman–Crippen LogP) is 21.1. The number of esters is 3. The molecule has 0 rings (SSSR count). The van der Waals surface area contributed by atoms with Gasteiger partial charge in [0.2, 0.25) is 0 Å². The van der Waals surface area contributed by atoms with E-state index in [2.05, 4.69) is 106 Å². The summed E-state index contributed by atoms with van der Waals surface area (Å²) >= 11 is 0. The highest BCUT2D eigenvalue weighted by Gasteiger charge is 2.19. The molecule has 0 aromatic carbocycles. The van der Waals surface area contributed by atoms with E-state index < -0.39 is 6.10 Å². The van der Waals surface area contributed by atoms with Gasteiger partial charge in [0.15, 0.2) is 6.10 Å². The maximum Gasteiger partial charge on any atom is 0.306 e. The van der Waals surface area contributed by atoms with E-state index in [1.165, 1.54) is 154 Å².